The smallest absolute Gasteiger partial charge is 0.0254 e. The molecule has 0 saturated carbocycles. The summed E-state index contributed by atoms with van der Waals surface area (Å²) in [5.41, 5.74) is 6.49. The Balaban J connectivity index is 3.22. The van der Waals surface area contributed by atoms with E-state index in [1.807, 2.05) is 0 Å². The van der Waals surface area contributed by atoms with Crippen molar-refractivity contribution in [2.24, 2.45) is 5.73 Å². The molecule has 0 rings (SSSR count). The maximum absolute atomic E-state index is 5.16. The average molecular weight is 170 g/mol. The highest BCUT2D eigenvalue weighted by molar-refractivity contribution is 9.11. The van der Waals surface area contributed by atoms with Crippen molar-refractivity contribution in [1.29, 1.82) is 0 Å². The summed E-state index contributed by atoms with van der Waals surface area (Å²) in [4.78, 5) is 0. The minimum Gasteiger partial charge on any atom is -0.326 e. The topological polar surface area (TPSA) is 26.0 Å². The summed E-state index contributed by atoms with van der Waals surface area (Å²) in [7, 11) is 0. The number of halogens is 2. The van der Waals surface area contributed by atoms with Gasteiger partial charge in [-0.05, 0) is 0 Å². The van der Waals surface area contributed by atoms with Gasteiger partial charge in [-0.2, -0.15) is 0 Å². The van der Waals surface area contributed by atoms with Crippen LogP contribution in [0.4, 0.5) is 0 Å². The van der Waals surface area contributed by atoms with Crippen LogP contribution < -0.4 is 5.73 Å². The monoisotopic (exact) mass is 169 g/mol. The van der Waals surface area contributed by atoms with Crippen molar-refractivity contribution in [2.45, 2.75) is 0 Å². The Morgan fingerprint density at radius 1 is 2.00 bits per heavy atom. The lowest BCUT2D eigenvalue weighted by Gasteiger charge is -1.81. The van der Waals surface area contributed by atoms with Crippen LogP contribution in [0.2, 0.25) is 0 Å². The van der Waals surface area contributed by atoms with Crippen LogP contribution in [0.25, 0.3) is 0 Å². The second kappa shape index (κ2) is 3.65. The van der Waals surface area contributed by atoms with Gasteiger partial charge in [-0.1, -0.05) is 27.5 Å². The first-order chi connectivity index (χ1) is 2.81. The predicted octanol–water partition coefficient (Wildman–Crippen LogP) is 1.42. The Kier molecular flexibility index (Phi) is 3.94. The molecular formula is C3H5BrClN. The molecule has 0 aliphatic carbocycles. The van der Waals surface area contributed by atoms with E-state index in [2.05, 4.69) is 15.9 Å². The number of rotatable bonds is 1. The lowest BCUT2D eigenvalue weighted by molar-refractivity contribution is 1.24. The third-order valence-electron chi connectivity index (χ3n) is 0.313. The number of hydrogen-bond donors (Lipinski definition) is 1. The first-order valence-corrected chi connectivity index (χ1v) is 2.69. The van der Waals surface area contributed by atoms with Gasteiger partial charge in [0.2, 0.25) is 0 Å². The summed E-state index contributed by atoms with van der Waals surface area (Å²) in [6.45, 7) is 0.476. The molecule has 0 heterocycles. The van der Waals surface area contributed by atoms with E-state index in [4.69, 9.17) is 17.3 Å². The van der Waals surface area contributed by atoms with Crippen molar-refractivity contribution in [3.05, 3.63) is 10.0 Å². The van der Waals surface area contributed by atoms with Crippen molar-refractivity contribution in [3.63, 3.8) is 0 Å². The van der Waals surface area contributed by atoms with Crippen molar-refractivity contribution in [1.82, 2.24) is 0 Å². The molecule has 0 atom stereocenters. The van der Waals surface area contributed by atoms with E-state index < -0.39 is 0 Å². The van der Waals surface area contributed by atoms with Crippen LogP contribution in [0, 0.1) is 0 Å². The average Bonchev–Trinajstić information content (AvgIpc) is 1.65. The number of hydrogen-bond acceptors (Lipinski definition) is 1. The van der Waals surface area contributed by atoms with Crippen LogP contribution in [-0.4, -0.2) is 6.54 Å². The summed E-state index contributed by atoms with van der Waals surface area (Å²) in [6.07, 6.45) is 0. The molecule has 0 bridgehead atoms. The molecule has 0 saturated heterocycles. The third-order valence-corrected chi connectivity index (χ3v) is 1.39. The van der Waals surface area contributed by atoms with E-state index in [0.717, 1.165) is 4.48 Å². The lowest BCUT2D eigenvalue weighted by Crippen LogP contribution is -1.95. The Labute approximate surface area is 50.3 Å². The molecule has 3 heteroatoms. The Bertz CT molecular complexity index is 61.8. The molecule has 0 spiro atoms. The van der Waals surface area contributed by atoms with Gasteiger partial charge in [-0.3, -0.25) is 0 Å². The van der Waals surface area contributed by atoms with Crippen molar-refractivity contribution in [2.75, 3.05) is 6.54 Å². The van der Waals surface area contributed by atoms with Gasteiger partial charge in [-0.15, -0.1) is 0 Å². The summed E-state index contributed by atoms with van der Waals surface area (Å²) < 4.78 is 0.823. The Hall–Kier alpha value is 0.470. The molecule has 2 N–H and O–H groups in total. The van der Waals surface area contributed by atoms with Gasteiger partial charge in [0.25, 0.3) is 0 Å². The largest absolute Gasteiger partial charge is 0.326 e. The normalized spacial score (nSPS) is 12.2. The van der Waals surface area contributed by atoms with Crippen LogP contribution in [0.5, 0.6) is 0 Å². The van der Waals surface area contributed by atoms with Crippen molar-refractivity contribution < 1.29 is 0 Å². The quantitative estimate of drug-likeness (QED) is 0.633. The zero-order valence-electron chi connectivity index (χ0n) is 3.12. The minimum absolute atomic E-state index is 0.476. The Morgan fingerprint density at radius 2 is 2.50 bits per heavy atom. The van der Waals surface area contributed by atoms with Crippen LogP contribution >= 0.6 is 27.5 Å². The van der Waals surface area contributed by atoms with Gasteiger partial charge < -0.3 is 5.73 Å². The third kappa shape index (κ3) is 2.69. The van der Waals surface area contributed by atoms with Gasteiger partial charge in [0.15, 0.2) is 0 Å². The molecule has 0 aliphatic heterocycles. The SMILES string of the molecule is NCC(Br)=CCl. The minimum atomic E-state index is 0.476. The van der Waals surface area contributed by atoms with Crippen LogP contribution in [0.15, 0.2) is 10.0 Å². The van der Waals surface area contributed by atoms with Gasteiger partial charge in [-0.25, -0.2) is 0 Å². The molecule has 0 radical (unpaired) electrons. The maximum atomic E-state index is 5.16. The molecule has 6 heavy (non-hydrogen) atoms. The zero-order chi connectivity index (χ0) is 4.99. The second-order valence-electron chi connectivity index (χ2n) is 0.760. The van der Waals surface area contributed by atoms with E-state index in [1.54, 1.807) is 0 Å². The zero-order valence-corrected chi connectivity index (χ0v) is 5.46. The second-order valence-corrected chi connectivity index (χ2v) is 2.00. The molecule has 0 aliphatic rings. The molecule has 0 aromatic carbocycles. The highest BCUT2D eigenvalue weighted by atomic mass is 79.9. The molecule has 1 nitrogen and oxygen atoms in total. The highest BCUT2D eigenvalue weighted by Gasteiger charge is 1.77. The molecule has 0 aromatic heterocycles. The fourth-order valence-corrected chi connectivity index (χ4v) is 0.134. The van der Waals surface area contributed by atoms with E-state index in [-0.39, 0.29) is 0 Å². The maximum Gasteiger partial charge on any atom is 0.0254 e. The summed E-state index contributed by atoms with van der Waals surface area (Å²) in [5.74, 6) is 0. The summed E-state index contributed by atoms with van der Waals surface area (Å²) in [5, 5.41) is 0. The van der Waals surface area contributed by atoms with E-state index in [1.165, 1.54) is 5.54 Å². The summed E-state index contributed by atoms with van der Waals surface area (Å²) >= 11 is 8.24. The molecule has 0 fully saturated rings. The van der Waals surface area contributed by atoms with Crippen molar-refractivity contribution in [3.8, 4) is 0 Å². The molecule has 36 valence electrons. The van der Waals surface area contributed by atoms with E-state index in [0.29, 0.717) is 6.54 Å². The van der Waals surface area contributed by atoms with Crippen LogP contribution in [0.1, 0.15) is 0 Å². The van der Waals surface area contributed by atoms with Gasteiger partial charge in [0.1, 0.15) is 0 Å². The summed E-state index contributed by atoms with van der Waals surface area (Å²) in [6, 6.07) is 0. The predicted molar refractivity (Wildman–Crippen MR) is 31.9 cm³/mol. The number of nitrogens with two attached hydrogens (primary N) is 1. The molecule has 0 unspecified atom stereocenters. The fraction of sp³-hybridized carbons (Fsp3) is 0.333. The molecular weight excluding hydrogens is 165 g/mol. The lowest BCUT2D eigenvalue weighted by atomic mass is 10.7. The van der Waals surface area contributed by atoms with E-state index in [9.17, 15) is 0 Å². The standard InChI is InChI=1S/C3H5BrClN/c4-3(1-5)2-6/h1H,2,6H2. The van der Waals surface area contributed by atoms with Gasteiger partial charge in [0, 0.05) is 16.6 Å². The van der Waals surface area contributed by atoms with Crippen LogP contribution in [-0.2, 0) is 0 Å². The highest BCUT2D eigenvalue weighted by Crippen LogP contribution is 2.01. The van der Waals surface area contributed by atoms with Crippen LogP contribution in [0.3, 0.4) is 0 Å². The molecule has 0 aromatic rings. The van der Waals surface area contributed by atoms with Gasteiger partial charge in [0.05, 0.1) is 0 Å². The molecule has 0 amide bonds. The van der Waals surface area contributed by atoms with Crippen molar-refractivity contribution >= 4 is 27.5 Å². The first kappa shape index (κ1) is 6.47. The first-order valence-electron chi connectivity index (χ1n) is 1.46. The van der Waals surface area contributed by atoms with E-state index >= 15 is 0 Å². The fourth-order valence-electron chi connectivity index (χ4n) is 0.0445. The van der Waals surface area contributed by atoms with Gasteiger partial charge >= 0.3 is 0 Å². The Morgan fingerprint density at radius 3 is 2.50 bits per heavy atom.